The summed E-state index contributed by atoms with van der Waals surface area (Å²) in [4.78, 5) is 16.4. The second-order valence-electron chi connectivity index (χ2n) is 4.65. The zero-order chi connectivity index (χ0) is 15.5. The normalized spacial score (nSPS) is 11.6. The summed E-state index contributed by atoms with van der Waals surface area (Å²) in [6.45, 7) is 0. The van der Waals surface area contributed by atoms with Gasteiger partial charge in [-0.05, 0) is 24.3 Å². The van der Waals surface area contributed by atoms with Crippen molar-refractivity contribution in [2.45, 2.75) is 0 Å². The van der Waals surface area contributed by atoms with Crippen LogP contribution < -0.4 is 10.5 Å². The number of aromatic nitrogens is 1. The predicted octanol–water partition coefficient (Wildman–Crippen LogP) is 3.33. The molecule has 0 aliphatic heterocycles. The molecule has 2 aromatic carbocycles. The Balaban J connectivity index is 2.13. The predicted molar refractivity (Wildman–Crippen MR) is 89.7 cm³/mol. The second-order valence-corrected chi connectivity index (χ2v) is 5.68. The van der Waals surface area contributed by atoms with Gasteiger partial charge in [-0.15, -0.1) is 11.3 Å². The van der Waals surface area contributed by atoms with E-state index in [9.17, 15) is 4.79 Å². The van der Waals surface area contributed by atoms with Crippen LogP contribution in [0, 0.1) is 0 Å². The maximum Gasteiger partial charge on any atom is 0.251 e. The Kier molecular flexibility index (Phi) is 3.89. The van der Waals surface area contributed by atoms with E-state index in [0.717, 1.165) is 15.8 Å². The van der Waals surface area contributed by atoms with E-state index in [1.807, 2.05) is 48.5 Å². The van der Waals surface area contributed by atoms with Crippen molar-refractivity contribution in [3.05, 3.63) is 59.1 Å². The highest BCUT2D eigenvalue weighted by atomic mass is 32.1. The minimum atomic E-state index is -0.509. The summed E-state index contributed by atoms with van der Waals surface area (Å²) in [6.07, 6.45) is 1.72. The molecule has 5 heteroatoms. The van der Waals surface area contributed by atoms with Gasteiger partial charge in [0.15, 0.2) is 0 Å². The maximum atomic E-state index is 11.9. The first kappa shape index (κ1) is 14.3. The molecule has 3 rings (SSSR count). The van der Waals surface area contributed by atoms with Gasteiger partial charge in [-0.1, -0.05) is 30.3 Å². The van der Waals surface area contributed by atoms with Crippen molar-refractivity contribution >= 4 is 39.1 Å². The Morgan fingerprint density at radius 3 is 2.64 bits per heavy atom. The molecule has 3 aromatic rings. The molecular weight excluding hydrogens is 296 g/mol. The number of nitrogens with zero attached hydrogens (tertiary/aromatic N) is 1. The van der Waals surface area contributed by atoms with Crippen molar-refractivity contribution in [2.75, 3.05) is 7.11 Å². The lowest BCUT2D eigenvalue weighted by Gasteiger charge is -2.05. The molecule has 0 bridgehead atoms. The minimum absolute atomic E-state index is 0.380. The van der Waals surface area contributed by atoms with Crippen LogP contribution in [0.15, 0.2) is 48.5 Å². The number of thiazole rings is 1. The van der Waals surface area contributed by atoms with Crippen molar-refractivity contribution in [3.8, 4) is 5.75 Å². The summed E-state index contributed by atoms with van der Waals surface area (Å²) in [7, 11) is 1.59. The van der Waals surface area contributed by atoms with Gasteiger partial charge in [0.05, 0.1) is 22.9 Å². The fourth-order valence-corrected chi connectivity index (χ4v) is 3.15. The lowest BCUT2D eigenvalue weighted by atomic mass is 10.1. The van der Waals surface area contributed by atoms with Crippen LogP contribution >= 0.6 is 11.3 Å². The molecule has 0 atom stereocenters. The Bertz CT molecular complexity index is 835. The zero-order valence-electron chi connectivity index (χ0n) is 11.9. The van der Waals surface area contributed by atoms with E-state index in [1.54, 1.807) is 13.2 Å². The Morgan fingerprint density at radius 1 is 1.18 bits per heavy atom. The Morgan fingerprint density at radius 2 is 1.91 bits per heavy atom. The smallest absolute Gasteiger partial charge is 0.251 e. The van der Waals surface area contributed by atoms with Gasteiger partial charge in [0.25, 0.3) is 5.91 Å². The molecule has 0 saturated carbocycles. The van der Waals surface area contributed by atoms with Crippen LogP contribution in [0.1, 0.15) is 10.6 Å². The third kappa shape index (κ3) is 2.71. The van der Waals surface area contributed by atoms with Crippen molar-refractivity contribution in [2.24, 2.45) is 5.73 Å². The number of rotatable bonds is 4. The number of nitrogens with two attached hydrogens (primary N) is 1. The average molecular weight is 310 g/mol. The standard InChI is InChI=1S/C17H14N2O2S/c1-21-14-8-4-2-6-11(14)10-12(16(18)20)17-19-13-7-3-5-9-15(13)22-17/h2-10H,1H3,(H2,18,20)/b12-10+. The van der Waals surface area contributed by atoms with Crippen LogP contribution in [0.2, 0.25) is 0 Å². The van der Waals surface area contributed by atoms with Crippen LogP contribution in [-0.4, -0.2) is 18.0 Å². The fourth-order valence-electron chi connectivity index (χ4n) is 2.17. The summed E-state index contributed by atoms with van der Waals surface area (Å²) in [6, 6.07) is 15.2. The number of benzene rings is 2. The molecule has 110 valence electrons. The van der Waals surface area contributed by atoms with Gasteiger partial charge >= 0.3 is 0 Å². The molecule has 0 aliphatic rings. The largest absolute Gasteiger partial charge is 0.496 e. The monoisotopic (exact) mass is 310 g/mol. The van der Waals surface area contributed by atoms with Crippen LogP contribution in [0.25, 0.3) is 21.9 Å². The van der Waals surface area contributed by atoms with Crippen LogP contribution in [-0.2, 0) is 4.79 Å². The lowest BCUT2D eigenvalue weighted by molar-refractivity contribution is -0.112. The third-order valence-corrected chi connectivity index (χ3v) is 4.30. The summed E-state index contributed by atoms with van der Waals surface area (Å²) < 4.78 is 6.33. The highest BCUT2D eigenvalue weighted by molar-refractivity contribution is 7.19. The molecule has 1 amide bonds. The quantitative estimate of drug-likeness (QED) is 0.752. The zero-order valence-corrected chi connectivity index (χ0v) is 12.8. The summed E-state index contributed by atoms with van der Waals surface area (Å²) in [5.74, 6) is 0.173. The number of hydrogen-bond acceptors (Lipinski definition) is 4. The van der Waals surface area contributed by atoms with E-state index in [0.29, 0.717) is 16.3 Å². The van der Waals surface area contributed by atoms with Gasteiger partial charge in [0.1, 0.15) is 10.8 Å². The van der Waals surface area contributed by atoms with Gasteiger partial charge in [-0.25, -0.2) is 4.98 Å². The van der Waals surface area contributed by atoms with Gasteiger partial charge in [0.2, 0.25) is 0 Å². The Hall–Kier alpha value is -2.66. The van der Waals surface area contributed by atoms with E-state index < -0.39 is 5.91 Å². The number of hydrogen-bond donors (Lipinski definition) is 1. The third-order valence-electron chi connectivity index (χ3n) is 3.23. The first-order valence-corrected chi connectivity index (χ1v) is 7.51. The van der Waals surface area contributed by atoms with E-state index in [2.05, 4.69) is 4.98 Å². The van der Waals surface area contributed by atoms with E-state index >= 15 is 0 Å². The van der Waals surface area contributed by atoms with Crippen molar-refractivity contribution in [1.82, 2.24) is 4.98 Å². The molecular formula is C17H14N2O2S. The molecule has 0 radical (unpaired) electrons. The molecule has 2 N–H and O–H groups in total. The molecule has 22 heavy (non-hydrogen) atoms. The van der Waals surface area contributed by atoms with E-state index in [1.165, 1.54) is 11.3 Å². The van der Waals surface area contributed by atoms with Crippen LogP contribution in [0.5, 0.6) is 5.75 Å². The molecule has 0 saturated heterocycles. The maximum absolute atomic E-state index is 11.9. The number of ether oxygens (including phenoxy) is 1. The number of primary amides is 1. The summed E-state index contributed by atoms with van der Waals surface area (Å²) in [5.41, 5.74) is 7.57. The highest BCUT2D eigenvalue weighted by Crippen LogP contribution is 2.30. The number of amides is 1. The molecule has 0 fully saturated rings. The SMILES string of the molecule is COc1ccccc1/C=C(\C(N)=O)c1nc2ccccc2s1. The molecule has 1 aromatic heterocycles. The molecule has 0 spiro atoms. The number of para-hydroxylation sites is 2. The van der Waals surface area contributed by atoms with Crippen LogP contribution in [0.4, 0.5) is 0 Å². The number of fused-ring (bicyclic) bond motifs is 1. The topological polar surface area (TPSA) is 65.2 Å². The van der Waals surface area contributed by atoms with Crippen molar-refractivity contribution in [1.29, 1.82) is 0 Å². The second kappa shape index (κ2) is 5.99. The fraction of sp³-hybridized carbons (Fsp3) is 0.0588. The van der Waals surface area contributed by atoms with Gasteiger partial charge in [-0.3, -0.25) is 4.79 Å². The molecule has 1 heterocycles. The molecule has 0 unspecified atom stereocenters. The summed E-state index contributed by atoms with van der Waals surface area (Å²) in [5, 5.41) is 0.611. The average Bonchev–Trinajstić information content (AvgIpc) is 2.96. The van der Waals surface area contributed by atoms with Crippen molar-refractivity contribution < 1.29 is 9.53 Å². The first-order chi connectivity index (χ1) is 10.7. The summed E-state index contributed by atoms with van der Waals surface area (Å²) >= 11 is 1.45. The minimum Gasteiger partial charge on any atom is -0.496 e. The van der Waals surface area contributed by atoms with E-state index in [4.69, 9.17) is 10.5 Å². The first-order valence-electron chi connectivity index (χ1n) is 6.69. The van der Waals surface area contributed by atoms with Crippen molar-refractivity contribution in [3.63, 3.8) is 0 Å². The van der Waals surface area contributed by atoms with Gasteiger partial charge in [0, 0.05) is 5.56 Å². The molecule has 4 nitrogen and oxygen atoms in total. The van der Waals surface area contributed by atoms with E-state index in [-0.39, 0.29) is 0 Å². The highest BCUT2D eigenvalue weighted by Gasteiger charge is 2.14. The number of methoxy groups -OCH3 is 1. The van der Waals surface area contributed by atoms with Gasteiger partial charge < -0.3 is 10.5 Å². The lowest BCUT2D eigenvalue weighted by Crippen LogP contribution is -2.12. The van der Waals surface area contributed by atoms with Gasteiger partial charge in [-0.2, -0.15) is 0 Å². The number of carbonyl (C=O) groups excluding carboxylic acids is 1. The Labute approximate surface area is 131 Å². The number of carbonyl (C=O) groups is 1. The van der Waals surface area contributed by atoms with Crippen LogP contribution in [0.3, 0.4) is 0 Å². The molecule has 0 aliphatic carbocycles.